The third-order valence-electron chi connectivity index (χ3n) is 2.39. The first-order chi connectivity index (χ1) is 8.83. The fraction of sp³-hybridized carbons (Fsp3) is 0. The van der Waals surface area contributed by atoms with Crippen LogP contribution in [0.25, 0.3) is 22.8 Å². The number of hydrogen-bond acceptors (Lipinski definition) is 6. The van der Waals surface area contributed by atoms with Gasteiger partial charge in [-0.15, -0.1) is 0 Å². The first kappa shape index (κ1) is 10.4. The molecule has 0 spiro atoms. The molecular weight excluding hydrogens is 230 g/mol. The van der Waals surface area contributed by atoms with E-state index in [1.807, 2.05) is 12.1 Å². The van der Waals surface area contributed by atoms with Crippen molar-refractivity contribution in [2.75, 3.05) is 5.73 Å². The van der Waals surface area contributed by atoms with Crippen LogP contribution in [0.2, 0.25) is 0 Å². The van der Waals surface area contributed by atoms with Crippen molar-refractivity contribution in [3.05, 3.63) is 42.9 Å². The molecule has 6 nitrogen and oxygen atoms in total. The van der Waals surface area contributed by atoms with E-state index in [1.165, 1.54) is 0 Å². The van der Waals surface area contributed by atoms with Crippen LogP contribution in [0.4, 0.5) is 5.82 Å². The standard InChI is InChI=1S/C12H9N5O/c13-10-7-9(3-6-15-10)12-16-11(17-18-12)8-1-4-14-5-2-8/h1-7H,(H2,13,15). The van der Waals surface area contributed by atoms with Gasteiger partial charge in [0.1, 0.15) is 5.82 Å². The number of nitrogens with two attached hydrogens (primary N) is 1. The van der Waals surface area contributed by atoms with Gasteiger partial charge in [-0.2, -0.15) is 4.98 Å². The van der Waals surface area contributed by atoms with Crippen LogP contribution in [0.15, 0.2) is 47.4 Å². The molecule has 88 valence electrons. The average molecular weight is 239 g/mol. The van der Waals surface area contributed by atoms with Crippen LogP contribution in [-0.2, 0) is 0 Å². The van der Waals surface area contributed by atoms with Crippen molar-refractivity contribution in [2.45, 2.75) is 0 Å². The smallest absolute Gasteiger partial charge is 0.258 e. The van der Waals surface area contributed by atoms with Crippen molar-refractivity contribution < 1.29 is 4.52 Å². The van der Waals surface area contributed by atoms with Gasteiger partial charge in [-0.1, -0.05) is 5.16 Å². The van der Waals surface area contributed by atoms with E-state index >= 15 is 0 Å². The monoisotopic (exact) mass is 239 g/mol. The Kier molecular flexibility index (Phi) is 2.45. The molecule has 0 radical (unpaired) electrons. The lowest BCUT2D eigenvalue weighted by molar-refractivity contribution is 0.432. The summed E-state index contributed by atoms with van der Waals surface area (Å²) in [5.74, 6) is 1.34. The zero-order valence-electron chi connectivity index (χ0n) is 9.32. The van der Waals surface area contributed by atoms with Gasteiger partial charge < -0.3 is 10.3 Å². The molecule has 18 heavy (non-hydrogen) atoms. The highest BCUT2D eigenvalue weighted by molar-refractivity contribution is 5.60. The van der Waals surface area contributed by atoms with E-state index in [4.69, 9.17) is 10.3 Å². The Labute approximate surface area is 103 Å². The summed E-state index contributed by atoms with van der Waals surface area (Å²) in [4.78, 5) is 12.1. The number of rotatable bonds is 2. The molecule has 0 aliphatic rings. The van der Waals surface area contributed by atoms with Crippen molar-refractivity contribution in [3.63, 3.8) is 0 Å². The van der Waals surface area contributed by atoms with Crippen molar-refractivity contribution in [1.82, 2.24) is 20.1 Å². The van der Waals surface area contributed by atoms with Crippen LogP contribution < -0.4 is 5.73 Å². The predicted molar refractivity (Wildman–Crippen MR) is 65.2 cm³/mol. The quantitative estimate of drug-likeness (QED) is 0.732. The number of pyridine rings is 2. The second-order valence-electron chi connectivity index (χ2n) is 3.63. The molecule has 0 saturated heterocycles. The second-order valence-corrected chi connectivity index (χ2v) is 3.63. The van der Waals surface area contributed by atoms with Crippen molar-refractivity contribution in [1.29, 1.82) is 0 Å². The zero-order chi connectivity index (χ0) is 12.4. The summed E-state index contributed by atoms with van der Waals surface area (Å²) in [6, 6.07) is 7.08. The molecule has 0 fully saturated rings. The molecule has 3 rings (SSSR count). The van der Waals surface area contributed by atoms with E-state index in [9.17, 15) is 0 Å². The Hall–Kier alpha value is -2.76. The Bertz CT molecular complexity index is 665. The van der Waals surface area contributed by atoms with Crippen molar-refractivity contribution in [2.24, 2.45) is 0 Å². The Morgan fingerprint density at radius 2 is 1.78 bits per heavy atom. The molecule has 3 heterocycles. The molecule has 0 aromatic carbocycles. The number of nitrogen functional groups attached to an aromatic ring is 1. The third kappa shape index (κ3) is 1.91. The van der Waals surface area contributed by atoms with Crippen LogP contribution in [0.5, 0.6) is 0 Å². The summed E-state index contributed by atoms with van der Waals surface area (Å²) in [6.45, 7) is 0. The maximum Gasteiger partial charge on any atom is 0.258 e. The molecule has 0 amide bonds. The molecule has 0 aliphatic heterocycles. The van der Waals surface area contributed by atoms with Gasteiger partial charge in [-0.25, -0.2) is 4.98 Å². The van der Waals surface area contributed by atoms with Crippen molar-refractivity contribution in [3.8, 4) is 22.8 Å². The SMILES string of the molecule is Nc1cc(-c2nc(-c3ccncc3)no2)ccn1. The maximum absolute atomic E-state index is 5.60. The predicted octanol–water partition coefficient (Wildman–Crippen LogP) is 1.78. The largest absolute Gasteiger partial charge is 0.384 e. The molecule has 3 aromatic heterocycles. The van der Waals surface area contributed by atoms with Gasteiger partial charge in [0.05, 0.1) is 0 Å². The lowest BCUT2D eigenvalue weighted by Crippen LogP contribution is -1.89. The van der Waals surface area contributed by atoms with E-state index in [-0.39, 0.29) is 0 Å². The van der Waals surface area contributed by atoms with E-state index in [2.05, 4.69) is 20.1 Å². The van der Waals surface area contributed by atoms with Crippen LogP contribution in [0.1, 0.15) is 0 Å². The topological polar surface area (TPSA) is 90.7 Å². The fourth-order valence-corrected chi connectivity index (χ4v) is 1.54. The summed E-state index contributed by atoms with van der Waals surface area (Å²) >= 11 is 0. The van der Waals surface area contributed by atoms with E-state index in [1.54, 1.807) is 30.7 Å². The molecule has 0 saturated carbocycles. The molecule has 0 aliphatic carbocycles. The molecule has 6 heteroatoms. The van der Waals surface area contributed by atoms with Crippen molar-refractivity contribution >= 4 is 5.82 Å². The van der Waals surface area contributed by atoms with Gasteiger partial charge in [0, 0.05) is 29.7 Å². The van der Waals surface area contributed by atoms with Crippen LogP contribution >= 0.6 is 0 Å². The molecule has 0 bridgehead atoms. The molecule has 0 unspecified atom stereocenters. The summed E-state index contributed by atoms with van der Waals surface area (Å²) in [7, 11) is 0. The minimum Gasteiger partial charge on any atom is -0.384 e. The summed E-state index contributed by atoms with van der Waals surface area (Å²) in [5, 5.41) is 3.92. The van der Waals surface area contributed by atoms with Crippen LogP contribution in [-0.4, -0.2) is 20.1 Å². The van der Waals surface area contributed by atoms with Gasteiger partial charge in [-0.3, -0.25) is 4.98 Å². The number of anilines is 1. The molecule has 2 N–H and O–H groups in total. The van der Waals surface area contributed by atoms with Gasteiger partial charge in [0.2, 0.25) is 5.82 Å². The maximum atomic E-state index is 5.60. The molecular formula is C12H9N5O. The lowest BCUT2D eigenvalue weighted by Gasteiger charge is -1.94. The normalized spacial score (nSPS) is 10.4. The van der Waals surface area contributed by atoms with E-state index in [0.717, 1.165) is 11.1 Å². The number of nitrogens with zero attached hydrogens (tertiary/aromatic N) is 4. The van der Waals surface area contributed by atoms with Gasteiger partial charge in [0.15, 0.2) is 0 Å². The fourth-order valence-electron chi connectivity index (χ4n) is 1.54. The Balaban J connectivity index is 2.00. The average Bonchev–Trinajstić information content (AvgIpc) is 2.89. The van der Waals surface area contributed by atoms with Gasteiger partial charge in [0.25, 0.3) is 5.89 Å². The van der Waals surface area contributed by atoms with Gasteiger partial charge in [-0.05, 0) is 24.3 Å². The minimum absolute atomic E-state index is 0.413. The van der Waals surface area contributed by atoms with E-state index < -0.39 is 0 Å². The summed E-state index contributed by atoms with van der Waals surface area (Å²) < 4.78 is 5.20. The summed E-state index contributed by atoms with van der Waals surface area (Å²) in [5.41, 5.74) is 7.20. The highest BCUT2D eigenvalue weighted by atomic mass is 16.5. The van der Waals surface area contributed by atoms with Crippen LogP contribution in [0.3, 0.4) is 0 Å². The number of hydrogen-bond donors (Lipinski definition) is 1. The van der Waals surface area contributed by atoms with E-state index in [0.29, 0.717) is 17.5 Å². The highest BCUT2D eigenvalue weighted by Crippen LogP contribution is 2.22. The summed E-state index contributed by atoms with van der Waals surface area (Å²) in [6.07, 6.45) is 4.95. The second kappa shape index (κ2) is 4.25. The third-order valence-corrected chi connectivity index (χ3v) is 2.39. The van der Waals surface area contributed by atoms with Gasteiger partial charge >= 0.3 is 0 Å². The Morgan fingerprint density at radius 3 is 2.56 bits per heavy atom. The lowest BCUT2D eigenvalue weighted by atomic mass is 10.2. The number of aromatic nitrogens is 4. The Morgan fingerprint density at radius 1 is 1.00 bits per heavy atom. The molecule has 0 atom stereocenters. The minimum atomic E-state index is 0.413. The highest BCUT2D eigenvalue weighted by Gasteiger charge is 2.10. The first-order valence-corrected chi connectivity index (χ1v) is 5.29. The van der Waals surface area contributed by atoms with Crippen LogP contribution in [0, 0.1) is 0 Å². The molecule has 3 aromatic rings. The zero-order valence-corrected chi connectivity index (χ0v) is 9.32. The first-order valence-electron chi connectivity index (χ1n) is 5.29.